The molecule has 1 aromatic heterocycles. The molecule has 0 atom stereocenters. The van der Waals surface area contributed by atoms with Crippen LogP contribution in [0.4, 0.5) is 0 Å². The fourth-order valence-corrected chi connectivity index (χ4v) is 2.68. The Morgan fingerprint density at radius 1 is 1.44 bits per heavy atom. The lowest BCUT2D eigenvalue weighted by Gasteiger charge is -2.02. The van der Waals surface area contributed by atoms with Gasteiger partial charge in [-0.2, -0.15) is 0 Å². The second kappa shape index (κ2) is 4.64. The van der Waals surface area contributed by atoms with Crippen LogP contribution >= 0.6 is 15.9 Å². The number of fused-ring (bicyclic) bond motifs is 1. The van der Waals surface area contributed by atoms with Crippen molar-refractivity contribution in [3.63, 3.8) is 0 Å². The summed E-state index contributed by atoms with van der Waals surface area (Å²) in [7, 11) is 2.02. The highest BCUT2D eigenvalue weighted by Gasteiger charge is 2.11. The summed E-state index contributed by atoms with van der Waals surface area (Å²) in [5, 5.41) is 1.19. The van der Waals surface area contributed by atoms with E-state index >= 15 is 0 Å². The molecule has 16 heavy (non-hydrogen) atoms. The molecule has 0 aliphatic carbocycles. The van der Waals surface area contributed by atoms with Gasteiger partial charge < -0.3 is 4.57 Å². The fraction of sp³-hybridized carbons (Fsp3) is 0.250. The molecular weight excluding hydrogens is 268 g/mol. The Bertz CT molecular complexity index is 529. The summed E-state index contributed by atoms with van der Waals surface area (Å²) < 4.78 is 3.21. The highest BCUT2D eigenvalue weighted by Crippen LogP contribution is 2.30. The standard InChI is InChI=1S/C12H11BrN2O/c1-15-10-5-3-2-4-9(10)12(13)11(15)6-7-14-8-16/h2-5H,6-7H2,1H3. The van der Waals surface area contributed by atoms with E-state index in [2.05, 4.69) is 37.6 Å². The predicted molar refractivity (Wildman–Crippen MR) is 67.3 cm³/mol. The summed E-state index contributed by atoms with van der Waals surface area (Å²) in [6, 6.07) is 8.18. The molecule has 0 bridgehead atoms. The second-order valence-electron chi connectivity index (χ2n) is 3.56. The highest BCUT2D eigenvalue weighted by atomic mass is 79.9. The van der Waals surface area contributed by atoms with Gasteiger partial charge >= 0.3 is 0 Å². The predicted octanol–water partition coefficient (Wildman–Crippen LogP) is 2.82. The fourth-order valence-electron chi connectivity index (χ4n) is 1.88. The third kappa shape index (κ3) is 1.82. The average molecular weight is 279 g/mol. The first-order chi connectivity index (χ1) is 7.75. The van der Waals surface area contributed by atoms with Crippen LogP contribution in [0.1, 0.15) is 5.69 Å². The van der Waals surface area contributed by atoms with Crippen LogP contribution in [0.3, 0.4) is 0 Å². The Morgan fingerprint density at radius 2 is 2.19 bits per heavy atom. The van der Waals surface area contributed by atoms with Crippen LogP contribution in [0.15, 0.2) is 33.7 Å². The van der Waals surface area contributed by atoms with Crippen LogP contribution < -0.4 is 0 Å². The largest absolute Gasteiger partial charge is 0.346 e. The van der Waals surface area contributed by atoms with Gasteiger partial charge in [0.1, 0.15) is 0 Å². The number of aromatic nitrogens is 1. The zero-order chi connectivity index (χ0) is 11.5. The van der Waals surface area contributed by atoms with Gasteiger partial charge in [0, 0.05) is 34.5 Å². The maximum Gasteiger partial charge on any atom is 0.234 e. The van der Waals surface area contributed by atoms with E-state index < -0.39 is 0 Å². The highest BCUT2D eigenvalue weighted by molar-refractivity contribution is 9.10. The molecule has 2 rings (SSSR count). The van der Waals surface area contributed by atoms with Crippen molar-refractivity contribution in [2.24, 2.45) is 12.0 Å². The van der Waals surface area contributed by atoms with E-state index in [4.69, 9.17) is 0 Å². The number of carbonyl (C=O) groups excluding carboxylic acids is 1. The minimum atomic E-state index is 0.478. The summed E-state index contributed by atoms with van der Waals surface area (Å²) >= 11 is 3.59. The summed E-state index contributed by atoms with van der Waals surface area (Å²) in [6.45, 7) is 0.478. The number of halogens is 1. The SMILES string of the molecule is Cn1c(CCN=C=O)c(Br)c2ccccc21. The Morgan fingerprint density at radius 3 is 2.88 bits per heavy atom. The molecule has 0 spiro atoms. The zero-order valence-electron chi connectivity index (χ0n) is 8.90. The van der Waals surface area contributed by atoms with Crippen LogP contribution in [0.25, 0.3) is 10.9 Å². The lowest BCUT2D eigenvalue weighted by Crippen LogP contribution is -1.98. The first-order valence-corrected chi connectivity index (χ1v) is 5.80. The third-order valence-corrected chi connectivity index (χ3v) is 3.57. The first-order valence-electron chi connectivity index (χ1n) is 5.01. The second-order valence-corrected chi connectivity index (χ2v) is 4.35. The molecule has 0 amide bonds. The van der Waals surface area contributed by atoms with Gasteiger partial charge in [-0.15, -0.1) is 0 Å². The van der Waals surface area contributed by atoms with Crippen molar-refractivity contribution >= 4 is 32.9 Å². The van der Waals surface area contributed by atoms with Gasteiger partial charge in [-0.05, 0) is 22.0 Å². The van der Waals surface area contributed by atoms with Crippen molar-refractivity contribution in [2.45, 2.75) is 6.42 Å². The number of isocyanates is 1. The van der Waals surface area contributed by atoms with Crippen LogP contribution in [0.2, 0.25) is 0 Å². The van der Waals surface area contributed by atoms with E-state index in [1.54, 1.807) is 6.08 Å². The maximum absolute atomic E-state index is 10.0. The minimum absolute atomic E-state index is 0.478. The Labute approximate surface area is 102 Å². The monoisotopic (exact) mass is 278 g/mol. The van der Waals surface area contributed by atoms with Gasteiger partial charge in [0.15, 0.2) is 0 Å². The topological polar surface area (TPSA) is 34.4 Å². The molecule has 0 fully saturated rings. The van der Waals surface area contributed by atoms with Gasteiger partial charge in [0.2, 0.25) is 6.08 Å². The number of para-hydroxylation sites is 1. The van der Waals surface area contributed by atoms with Gasteiger partial charge in [0.25, 0.3) is 0 Å². The number of rotatable bonds is 3. The van der Waals surface area contributed by atoms with Crippen molar-refractivity contribution < 1.29 is 4.79 Å². The molecule has 0 aliphatic heterocycles. The van der Waals surface area contributed by atoms with E-state index in [0.717, 1.165) is 16.6 Å². The summed E-state index contributed by atoms with van der Waals surface area (Å²) in [5.41, 5.74) is 2.33. The number of benzene rings is 1. The van der Waals surface area contributed by atoms with E-state index in [1.807, 2.05) is 19.2 Å². The first kappa shape index (κ1) is 11.1. The Hall–Kier alpha value is -1.38. The maximum atomic E-state index is 10.0. The third-order valence-electron chi connectivity index (χ3n) is 2.69. The molecule has 0 unspecified atom stereocenters. The van der Waals surface area contributed by atoms with Crippen LogP contribution in [-0.2, 0) is 18.3 Å². The summed E-state index contributed by atoms with van der Waals surface area (Å²) in [4.78, 5) is 13.6. The summed E-state index contributed by atoms with van der Waals surface area (Å²) in [5.74, 6) is 0. The van der Waals surface area contributed by atoms with Crippen LogP contribution in [0, 0.1) is 0 Å². The van der Waals surface area contributed by atoms with Crippen molar-refractivity contribution in [2.75, 3.05) is 6.54 Å². The molecule has 0 aliphatic rings. The lowest BCUT2D eigenvalue weighted by atomic mass is 10.2. The number of aliphatic imine (C=N–C) groups is 1. The van der Waals surface area contributed by atoms with Crippen LogP contribution in [0.5, 0.6) is 0 Å². The molecular formula is C12H11BrN2O. The molecule has 0 saturated heterocycles. The Balaban J connectivity index is 2.48. The minimum Gasteiger partial charge on any atom is -0.346 e. The smallest absolute Gasteiger partial charge is 0.234 e. The Kier molecular flexibility index (Phi) is 3.22. The van der Waals surface area contributed by atoms with Crippen molar-refractivity contribution in [3.05, 3.63) is 34.4 Å². The van der Waals surface area contributed by atoms with E-state index in [-0.39, 0.29) is 0 Å². The van der Waals surface area contributed by atoms with Gasteiger partial charge in [-0.1, -0.05) is 18.2 Å². The van der Waals surface area contributed by atoms with E-state index in [0.29, 0.717) is 6.54 Å². The number of hydrogen-bond donors (Lipinski definition) is 0. The van der Waals surface area contributed by atoms with E-state index in [1.165, 1.54) is 10.9 Å². The quantitative estimate of drug-likeness (QED) is 0.628. The summed E-state index contributed by atoms with van der Waals surface area (Å²) in [6.07, 6.45) is 2.30. The molecule has 0 saturated carbocycles. The molecule has 1 heterocycles. The molecule has 0 radical (unpaired) electrons. The average Bonchev–Trinajstić information content (AvgIpc) is 2.55. The zero-order valence-corrected chi connectivity index (χ0v) is 10.5. The molecule has 2 aromatic rings. The molecule has 0 N–H and O–H groups in total. The van der Waals surface area contributed by atoms with Gasteiger partial charge in [-0.25, -0.2) is 9.79 Å². The molecule has 82 valence electrons. The number of hydrogen-bond acceptors (Lipinski definition) is 2. The van der Waals surface area contributed by atoms with Gasteiger partial charge in [0.05, 0.1) is 6.54 Å². The molecule has 1 aromatic carbocycles. The lowest BCUT2D eigenvalue weighted by molar-refractivity contribution is 0.562. The van der Waals surface area contributed by atoms with Crippen LogP contribution in [-0.4, -0.2) is 17.2 Å². The van der Waals surface area contributed by atoms with Crippen molar-refractivity contribution in [1.82, 2.24) is 4.57 Å². The molecule has 3 nitrogen and oxygen atoms in total. The van der Waals surface area contributed by atoms with Crippen molar-refractivity contribution in [3.8, 4) is 0 Å². The van der Waals surface area contributed by atoms with E-state index in [9.17, 15) is 4.79 Å². The molecule has 4 heteroatoms. The normalized spacial score (nSPS) is 10.4. The number of aryl methyl sites for hydroxylation is 1. The van der Waals surface area contributed by atoms with Crippen molar-refractivity contribution in [1.29, 1.82) is 0 Å². The number of nitrogens with zero attached hydrogens (tertiary/aromatic N) is 2. The van der Waals surface area contributed by atoms with Gasteiger partial charge in [-0.3, -0.25) is 0 Å².